The van der Waals surface area contributed by atoms with E-state index in [2.05, 4.69) is 20.7 Å². The van der Waals surface area contributed by atoms with Gasteiger partial charge in [0.15, 0.2) is 0 Å². The highest BCUT2D eigenvalue weighted by atomic mass is 79.9. The van der Waals surface area contributed by atoms with Crippen LogP contribution in [0.25, 0.3) is 0 Å². The summed E-state index contributed by atoms with van der Waals surface area (Å²) in [6, 6.07) is 4.54. The number of rotatable bonds is 5. The zero-order chi connectivity index (χ0) is 14.8. The maximum Gasteiger partial charge on any atom is 0.240 e. The van der Waals surface area contributed by atoms with Crippen molar-refractivity contribution in [1.29, 1.82) is 0 Å². The zero-order valence-corrected chi connectivity index (χ0v) is 13.5. The Kier molecular flexibility index (Phi) is 5.06. The van der Waals surface area contributed by atoms with Crippen LogP contribution in [-0.2, 0) is 10.0 Å². The van der Waals surface area contributed by atoms with Gasteiger partial charge in [0.2, 0.25) is 10.0 Å². The summed E-state index contributed by atoms with van der Waals surface area (Å²) >= 11 is 3.23. The van der Waals surface area contributed by atoms with Crippen molar-refractivity contribution >= 4 is 31.6 Å². The number of nitrogen functional groups attached to an aromatic ring is 1. The van der Waals surface area contributed by atoms with E-state index in [1.54, 1.807) is 6.07 Å². The maximum absolute atomic E-state index is 12.2. The smallest absolute Gasteiger partial charge is 0.240 e. The topological polar surface area (TPSA) is 92.4 Å². The zero-order valence-electron chi connectivity index (χ0n) is 11.0. The summed E-state index contributed by atoms with van der Waals surface area (Å²) in [6.07, 6.45) is 2.97. The van der Waals surface area contributed by atoms with Gasteiger partial charge in [0.05, 0.1) is 4.90 Å². The molecule has 1 aliphatic carbocycles. The van der Waals surface area contributed by atoms with E-state index >= 15 is 0 Å². The fourth-order valence-electron chi connectivity index (χ4n) is 2.60. The van der Waals surface area contributed by atoms with Gasteiger partial charge >= 0.3 is 0 Å². The van der Waals surface area contributed by atoms with Gasteiger partial charge in [-0.15, -0.1) is 0 Å². The minimum atomic E-state index is -3.54. The Morgan fingerprint density at radius 1 is 1.35 bits per heavy atom. The normalized spacial score (nSPS) is 23.1. The van der Waals surface area contributed by atoms with E-state index in [0.29, 0.717) is 16.7 Å². The molecule has 2 rings (SSSR count). The van der Waals surface area contributed by atoms with E-state index in [1.807, 2.05) is 0 Å². The van der Waals surface area contributed by atoms with Gasteiger partial charge in [0.1, 0.15) is 0 Å². The molecule has 2 unspecified atom stereocenters. The minimum Gasteiger partial charge on any atom is -0.398 e. The van der Waals surface area contributed by atoms with Crippen LogP contribution < -0.4 is 10.5 Å². The lowest BCUT2D eigenvalue weighted by molar-refractivity contribution is 0.195. The second kappa shape index (κ2) is 6.43. The lowest BCUT2D eigenvalue weighted by atomic mass is 9.97. The third-order valence-electron chi connectivity index (χ3n) is 3.87. The molecule has 0 spiro atoms. The highest BCUT2D eigenvalue weighted by molar-refractivity contribution is 9.10. The molecule has 0 bridgehead atoms. The number of hydrogen-bond acceptors (Lipinski definition) is 4. The lowest BCUT2D eigenvalue weighted by Gasteiger charge is -2.18. The van der Waals surface area contributed by atoms with Gasteiger partial charge in [0.25, 0.3) is 0 Å². The van der Waals surface area contributed by atoms with Gasteiger partial charge in [-0.05, 0) is 58.8 Å². The molecule has 1 saturated carbocycles. The largest absolute Gasteiger partial charge is 0.398 e. The van der Waals surface area contributed by atoms with E-state index in [-0.39, 0.29) is 23.3 Å². The van der Waals surface area contributed by atoms with Gasteiger partial charge in [-0.1, -0.05) is 6.42 Å². The number of hydrogen-bond donors (Lipinski definition) is 3. The molecule has 1 aromatic carbocycles. The first-order valence-corrected chi connectivity index (χ1v) is 8.87. The summed E-state index contributed by atoms with van der Waals surface area (Å²) in [5.41, 5.74) is 6.15. The van der Waals surface area contributed by atoms with Crippen molar-refractivity contribution in [2.75, 3.05) is 18.9 Å². The number of benzene rings is 1. The molecule has 0 heterocycles. The highest BCUT2D eigenvalue weighted by Crippen LogP contribution is 2.31. The van der Waals surface area contributed by atoms with Crippen LogP contribution in [-0.4, -0.2) is 26.7 Å². The summed E-state index contributed by atoms with van der Waals surface area (Å²) in [4.78, 5) is 0.192. The Hall–Kier alpha value is -0.630. The average molecular weight is 363 g/mol. The second-order valence-corrected chi connectivity index (χ2v) is 7.79. The van der Waals surface area contributed by atoms with Crippen LogP contribution in [0.5, 0.6) is 0 Å². The first kappa shape index (κ1) is 15.8. The SMILES string of the molecule is Nc1ccc(S(=O)(=O)NCC2CCCC2CO)cc1Br. The van der Waals surface area contributed by atoms with Crippen molar-refractivity contribution in [3.63, 3.8) is 0 Å². The van der Waals surface area contributed by atoms with Gasteiger partial charge in [-0.3, -0.25) is 0 Å². The number of anilines is 1. The highest BCUT2D eigenvalue weighted by Gasteiger charge is 2.28. The molecule has 1 aliphatic rings. The summed E-state index contributed by atoms with van der Waals surface area (Å²) in [7, 11) is -3.54. The number of halogens is 1. The molecular formula is C13H19BrN2O3S. The van der Waals surface area contributed by atoms with Gasteiger partial charge in [-0.2, -0.15) is 0 Å². The molecule has 4 N–H and O–H groups in total. The molecule has 7 heteroatoms. The van der Waals surface area contributed by atoms with Crippen molar-refractivity contribution in [3.05, 3.63) is 22.7 Å². The number of nitrogens with two attached hydrogens (primary N) is 1. The molecule has 2 atom stereocenters. The third-order valence-corrected chi connectivity index (χ3v) is 5.98. The van der Waals surface area contributed by atoms with Crippen molar-refractivity contribution < 1.29 is 13.5 Å². The third kappa shape index (κ3) is 3.52. The van der Waals surface area contributed by atoms with E-state index in [9.17, 15) is 13.5 Å². The molecule has 0 saturated heterocycles. The molecule has 112 valence electrons. The molecule has 0 radical (unpaired) electrons. The molecule has 1 fully saturated rings. The van der Waals surface area contributed by atoms with Gasteiger partial charge in [-0.25, -0.2) is 13.1 Å². The van der Waals surface area contributed by atoms with Gasteiger partial charge in [0, 0.05) is 23.3 Å². The van der Waals surface area contributed by atoms with Crippen LogP contribution in [0.4, 0.5) is 5.69 Å². The van der Waals surface area contributed by atoms with Crippen LogP contribution in [0.1, 0.15) is 19.3 Å². The summed E-state index contributed by atoms with van der Waals surface area (Å²) < 4.78 is 27.6. The number of aliphatic hydroxyl groups is 1. The number of aliphatic hydroxyl groups excluding tert-OH is 1. The van der Waals surface area contributed by atoms with Crippen molar-refractivity contribution in [1.82, 2.24) is 4.72 Å². The minimum absolute atomic E-state index is 0.125. The summed E-state index contributed by atoms with van der Waals surface area (Å²) in [5.74, 6) is 0.419. The van der Waals surface area contributed by atoms with E-state index in [4.69, 9.17) is 5.73 Å². The molecule has 0 amide bonds. The van der Waals surface area contributed by atoms with E-state index in [1.165, 1.54) is 12.1 Å². The van der Waals surface area contributed by atoms with E-state index in [0.717, 1.165) is 19.3 Å². The van der Waals surface area contributed by atoms with Crippen LogP contribution in [0.3, 0.4) is 0 Å². The molecule has 20 heavy (non-hydrogen) atoms. The number of sulfonamides is 1. The maximum atomic E-state index is 12.2. The van der Waals surface area contributed by atoms with Gasteiger partial charge < -0.3 is 10.8 Å². The van der Waals surface area contributed by atoms with Crippen molar-refractivity contribution in [2.24, 2.45) is 11.8 Å². The van der Waals surface area contributed by atoms with Crippen LogP contribution in [0, 0.1) is 11.8 Å². The standard InChI is InChI=1S/C13H19BrN2O3S/c14-12-6-11(4-5-13(12)15)20(18,19)16-7-9-2-1-3-10(9)8-17/h4-6,9-10,16-17H,1-3,7-8,15H2. The molecule has 5 nitrogen and oxygen atoms in total. The lowest BCUT2D eigenvalue weighted by Crippen LogP contribution is -2.31. The molecular weight excluding hydrogens is 344 g/mol. The van der Waals surface area contributed by atoms with Crippen LogP contribution in [0.15, 0.2) is 27.6 Å². The Morgan fingerprint density at radius 2 is 2.05 bits per heavy atom. The first-order chi connectivity index (χ1) is 9.44. The fourth-order valence-corrected chi connectivity index (χ4v) is 4.25. The average Bonchev–Trinajstić information content (AvgIpc) is 2.87. The predicted molar refractivity (Wildman–Crippen MR) is 81.7 cm³/mol. The van der Waals surface area contributed by atoms with E-state index < -0.39 is 10.0 Å². The van der Waals surface area contributed by atoms with Crippen LogP contribution >= 0.6 is 15.9 Å². The molecule has 0 aromatic heterocycles. The monoisotopic (exact) mass is 362 g/mol. The summed E-state index contributed by atoms with van der Waals surface area (Å²) in [5, 5.41) is 9.25. The summed E-state index contributed by atoms with van der Waals surface area (Å²) in [6.45, 7) is 0.495. The van der Waals surface area contributed by atoms with Crippen LogP contribution in [0.2, 0.25) is 0 Å². The second-order valence-electron chi connectivity index (χ2n) is 5.17. The van der Waals surface area contributed by atoms with Crippen molar-refractivity contribution in [2.45, 2.75) is 24.2 Å². The predicted octanol–water partition coefficient (Wildman–Crippen LogP) is 1.72. The van der Waals surface area contributed by atoms with Crippen molar-refractivity contribution in [3.8, 4) is 0 Å². The quantitative estimate of drug-likeness (QED) is 0.695. The Bertz CT molecular complexity index is 577. The molecule has 1 aromatic rings. The first-order valence-electron chi connectivity index (χ1n) is 6.59. The Balaban J connectivity index is 2.05. The Labute approximate surface area is 127 Å². The molecule has 0 aliphatic heterocycles. The number of nitrogens with one attached hydrogen (secondary N) is 1. The fraction of sp³-hybridized carbons (Fsp3) is 0.538. The Morgan fingerprint density at radius 3 is 2.70 bits per heavy atom.